The van der Waals surface area contributed by atoms with Gasteiger partial charge in [-0.25, -0.2) is 14.4 Å². The topological polar surface area (TPSA) is 84.0 Å². The van der Waals surface area contributed by atoms with E-state index in [0.29, 0.717) is 29.4 Å². The Labute approximate surface area is 161 Å². The van der Waals surface area contributed by atoms with Gasteiger partial charge in [-0.3, -0.25) is 9.59 Å². The zero-order chi connectivity index (χ0) is 20.1. The molecule has 0 fully saturated rings. The van der Waals surface area contributed by atoms with Crippen LogP contribution < -0.4 is 10.6 Å². The number of aryl methyl sites for hydroxylation is 1. The van der Waals surface area contributed by atoms with Crippen LogP contribution in [0.5, 0.6) is 0 Å². The molecule has 0 unspecified atom stereocenters. The average Bonchev–Trinajstić information content (AvgIpc) is 2.67. The Morgan fingerprint density at radius 1 is 1.04 bits per heavy atom. The molecule has 142 valence electrons. The molecule has 2 N–H and O–H groups in total. The second kappa shape index (κ2) is 8.39. The fourth-order valence-electron chi connectivity index (χ4n) is 2.56. The molecule has 3 rings (SSSR count). The highest BCUT2D eigenvalue weighted by molar-refractivity contribution is 6.04. The van der Waals surface area contributed by atoms with E-state index >= 15 is 0 Å². The van der Waals surface area contributed by atoms with E-state index in [0.717, 1.165) is 5.56 Å². The van der Waals surface area contributed by atoms with Crippen LogP contribution in [0.15, 0.2) is 54.6 Å². The van der Waals surface area contributed by atoms with E-state index in [9.17, 15) is 14.0 Å². The molecule has 6 nitrogen and oxygen atoms in total. The molecular weight excluding hydrogens is 359 g/mol. The van der Waals surface area contributed by atoms with Crippen LogP contribution in [0, 0.1) is 12.7 Å². The monoisotopic (exact) mass is 378 g/mol. The predicted octanol–water partition coefficient (Wildman–Crippen LogP) is 3.99. The summed E-state index contributed by atoms with van der Waals surface area (Å²) in [4.78, 5) is 32.6. The summed E-state index contributed by atoms with van der Waals surface area (Å²) >= 11 is 0. The first-order chi connectivity index (χ1) is 13.4. The Balaban J connectivity index is 1.73. The molecular formula is C21H19FN4O2. The van der Waals surface area contributed by atoms with Gasteiger partial charge in [0.25, 0.3) is 5.91 Å². The number of rotatable bonds is 6. The van der Waals surface area contributed by atoms with E-state index in [-0.39, 0.29) is 17.3 Å². The van der Waals surface area contributed by atoms with Crippen LogP contribution in [-0.4, -0.2) is 21.7 Å². The van der Waals surface area contributed by atoms with Gasteiger partial charge >= 0.3 is 0 Å². The van der Waals surface area contributed by atoms with Crippen LogP contribution in [0.2, 0.25) is 0 Å². The van der Waals surface area contributed by atoms with Gasteiger partial charge in [0.1, 0.15) is 11.5 Å². The van der Waals surface area contributed by atoms with Crippen LogP contribution in [0.1, 0.15) is 39.0 Å². The average molecular weight is 378 g/mol. The largest absolute Gasteiger partial charge is 0.350 e. The van der Waals surface area contributed by atoms with Crippen molar-refractivity contribution in [2.75, 3.05) is 10.6 Å². The third-order valence-corrected chi connectivity index (χ3v) is 3.98. The van der Waals surface area contributed by atoms with Crippen LogP contribution in [0.25, 0.3) is 0 Å². The number of nitrogens with zero attached hydrogens (tertiary/aromatic N) is 2. The van der Waals surface area contributed by atoms with E-state index in [1.54, 1.807) is 49.4 Å². The normalized spacial score (nSPS) is 10.4. The number of carbonyl (C=O) groups excluding carboxylic acids is 2. The number of Topliss-reactive ketones (excluding diaryl/α,β-unsaturated/α-hetero) is 1. The second-order valence-electron chi connectivity index (χ2n) is 6.29. The van der Waals surface area contributed by atoms with Crippen molar-refractivity contribution in [3.8, 4) is 0 Å². The number of halogens is 1. The van der Waals surface area contributed by atoms with E-state index in [1.807, 2.05) is 0 Å². The predicted molar refractivity (Wildman–Crippen MR) is 105 cm³/mol. The molecule has 0 saturated heterocycles. The van der Waals surface area contributed by atoms with Crippen LogP contribution in [-0.2, 0) is 6.54 Å². The Bertz CT molecular complexity index is 1020. The van der Waals surface area contributed by atoms with Gasteiger partial charge in [0.05, 0.1) is 0 Å². The van der Waals surface area contributed by atoms with Crippen molar-refractivity contribution < 1.29 is 14.0 Å². The zero-order valence-electron chi connectivity index (χ0n) is 15.5. The van der Waals surface area contributed by atoms with Gasteiger partial charge in [-0.15, -0.1) is 0 Å². The van der Waals surface area contributed by atoms with Crippen molar-refractivity contribution in [1.82, 2.24) is 9.97 Å². The summed E-state index contributed by atoms with van der Waals surface area (Å²) in [6.45, 7) is 3.62. The number of carbonyl (C=O) groups is 2. The zero-order valence-corrected chi connectivity index (χ0v) is 15.5. The molecule has 0 spiro atoms. The van der Waals surface area contributed by atoms with Gasteiger partial charge in [-0.05, 0) is 49.7 Å². The minimum absolute atomic E-state index is 0.0822. The number of ketones is 1. The van der Waals surface area contributed by atoms with Gasteiger partial charge in [0.2, 0.25) is 5.95 Å². The quantitative estimate of drug-likeness (QED) is 0.634. The van der Waals surface area contributed by atoms with E-state index in [4.69, 9.17) is 0 Å². The molecule has 0 radical (unpaired) electrons. The van der Waals surface area contributed by atoms with E-state index in [2.05, 4.69) is 20.6 Å². The first kappa shape index (κ1) is 19.2. The molecule has 0 aliphatic rings. The highest BCUT2D eigenvalue weighted by Crippen LogP contribution is 2.14. The third kappa shape index (κ3) is 4.97. The second-order valence-corrected chi connectivity index (χ2v) is 6.29. The molecule has 0 aliphatic heterocycles. The lowest BCUT2D eigenvalue weighted by molar-refractivity contribution is 0.100. The Morgan fingerprint density at radius 3 is 2.50 bits per heavy atom. The molecule has 0 bridgehead atoms. The van der Waals surface area contributed by atoms with Crippen LogP contribution in [0.4, 0.5) is 16.0 Å². The van der Waals surface area contributed by atoms with Crippen molar-refractivity contribution >= 4 is 23.3 Å². The van der Waals surface area contributed by atoms with Crippen LogP contribution in [0.3, 0.4) is 0 Å². The van der Waals surface area contributed by atoms with Crippen molar-refractivity contribution in [3.05, 3.63) is 82.9 Å². The third-order valence-electron chi connectivity index (χ3n) is 3.98. The lowest BCUT2D eigenvalue weighted by Gasteiger charge is -2.09. The highest BCUT2D eigenvalue weighted by Gasteiger charge is 2.12. The number of benzene rings is 2. The summed E-state index contributed by atoms with van der Waals surface area (Å²) < 4.78 is 13.0. The first-order valence-electron chi connectivity index (χ1n) is 8.67. The number of aromatic nitrogens is 2. The number of hydrogen-bond acceptors (Lipinski definition) is 5. The van der Waals surface area contributed by atoms with E-state index < -0.39 is 5.91 Å². The molecule has 0 aliphatic carbocycles. The smallest absolute Gasteiger partial charge is 0.274 e. The Morgan fingerprint density at radius 2 is 1.79 bits per heavy atom. The molecule has 2 aromatic carbocycles. The molecule has 1 aromatic heterocycles. The maximum Gasteiger partial charge on any atom is 0.274 e. The van der Waals surface area contributed by atoms with Gasteiger partial charge in [0.15, 0.2) is 5.78 Å². The Kier molecular flexibility index (Phi) is 5.74. The first-order valence-corrected chi connectivity index (χ1v) is 8.67. The van der Waals surface area contributed by atoms with Crippen molar-refractivity contribution in [3.63, 3.8) is 0 Å². The minimum atomic E-state index is -0.406. The SMILES string of the molecule is CC(=O)c1cccc(NC(=O)c2cc(C)nc(NCc3ccc(F)cc3)n2)c1. The van der Waals surface area contributed by atoms with Gasteiger partial charge in [-0.1, -0.05) is 24.3 Å². The van der Waals surface area contributed by atoms with Gasteiger partial charge in [-0.2, -0.15) is 0 Å². The lowest BCUT2D eigenvalue weighted by atomic mass is 10.1. The standard InChI is InChI=1S/C21H19FN4O2/c1-13-10-19(20(28)25-18-5-3-4-16(11-18)14(2)27)26-21(24-13)23-12-15-6-8-17(22)9-7-15/h3-11H,12H2,1-2H3,(H,25,28)(H,23,24,26). The maximum absolute atomic E-state index is 13.0. The number of anilines is 2. The summed E-state index contributed by atoms with van der Waals surface area (Å²) in [7, 11) is 0. The summed E-state index contributed by atoms with van der Waals surface area (Å²) in [6, 6.07) is 14.4. The fourth-order valence-corrected chi connectivity index (χ4v) is 2.56. The van der Waals surface area contributed by atoms with Crippen molar-refractivity contribution in [2.24, 2.45) is 0 Å². The molecule has 0 atom stereocenters. The molecule has 0 saturated carbocycles. The number of amides is 1. The highest BCUT2D eigenvalue weighted by atomic mass is 19.1. The van der Waals surface area contributed by atoms with Crippen molar-refractivity contribution in [1.29, 1.82) is 0 Å². The summed E-state index contributed by atoms with van der Waals surface area (Å²) in [5.74, 6) is -0.493. The van der Waals surface area contributed by atoms with E-state index in [1.165, 1.54) is 19.1 Å². The number of nitrogens with one attached hydrogen (secondary N) is 2. The minimum Gasteiger partial charge on any atom is -0.350 e. The summed E-state index contributed by atoms with van der Waals surface area (Å²) in [5, 5.41) is 5.77. The van der Waals surface area contributed by atoms with Crippen LogP contribution >= 0.6 is 0 Å². The maximum atomic E-state index is 13.0. The molecule has 1 heterocycles. The molecule has 7 heteroatoms. The fraction of sp³-hybridized carbons (Fsp3) is 0.143. The van der Waals surface area contributed by atoms with Gasteiger partial charge in [0, 0.05) is 23.5 Å². The molecule has 1 amide bonds. The molecule has 3 aromatic rings. The Hall–Kier alpha value is -3.61. The van der Waals surface area contributed by atoms with Gasteiger partial charge < -0.3 is 10.6 Å². The summed E-state index contributed by atoms with van der Waals surface area (Å²) in [6.07, 6.45) is 0. The summed E-state index contributed by atoms with van der Waals surface area (Å²) in [5.41, 5.74) is 2.70. The molecule has 28 heavy (non-hydrogen) atoms. The van der Waals surface area contributed by atoms with Crippen molar-refractivity contribution in [2.45, 2.75) is 20.4 Å². The number of hydrogen-bond donors (Lipinski definition) is 2. The lowest BCUT2D eigenvalue weighted by Crippen LogP contribution is -2.16.